The fourth-order valence-corrected chi connectivity index (χ4v) is 8.66. The molecule has 4 N–H and O–H groups in total. The van der Waals surface area contributed by atoms with Gasteiger partial charge in [0.25, 0.3) is 11.4 Å². The number of nitro benzene ring substituents is 2. The summed E-state index contributed by atoms with van der Waals surface area (Å²) in [5.74, 6) is -0.821. The van der Waals surface area contributed by atoms with Crippen LogP contribution in [0.4, 0.5) is 22.7 Å². The Hall–Kier alpha value is -7.82. The van der Waals surface area contributed by atoms with Crippen molar-refractivity contribution in [2.45, 2.75) is 16.2 Å². The van der Waals surface area contributed by atoms with E-state index in [-0.39, 0.29) is 50.2 Å². The number of benzene rings is 6. The zero-order chi connectivity index (χ0) is 60.3. The van der Waals surface area contributed by atoms with E-state index in [2.05, 4.69) is 76.3 Å². The normalized spacial score (nSPS) is 9.85. The second-order valence-electron chi connectivity index (χ2n) is 16.0. The van der Waals surface area contributed by atoms with Crippen LogP contribution in [0, 0.1) is 39.3 Å². The van der Waals surface area contributed by atoms with Crippen molar-refractivity contribution in [1.29, 1.82) is 0 Å². The number of rotatable bonds is 14. The number of carbonyl (C=O) groups is 2. The molecule has 0 radical (unpaired) electrons. The van der Waals surface area contributed by atoms with Crippen LogP contribution >= 0.6 is 14.2 Å². The molecule has 0 fully saturated rings. The molecule has 20 nitrogen and oxygen atoms in total. The third-order valence-corrected chi connectivity index (χ3v) is 12.6. The molecule has 3 heterocycles. The van der Waals surface area contributed by atoms with Gasteiger partial charge >= 0.3 is 66.8 Å². The van der Waals surface area contributed by atoms with Crippen molar-refractivity contribution < 1.29 is 88.8 Å². The summed E-state index contributed by atoms with van der Waals surface area (Å²) in [7, 11) is -4.43. The standard InChI is InChI=1S/2C17H12N3O4S.2C7H6NO.C5H5N.C5H12N.Ag.BrH.2Ni/c2*21-20(22)16-10-3-4-11-17(16)25(23,24)19-15-9-2-1-7-13(15)14-8-5-6-12-18-14;2*8-7(9)6-4-2-1-3-5-6;1-2-4-6-5-3-1;1-4-5-6(2)3;;;;/h2*1-12H;2*1-2,4-5H,(H2,8,9);1-5H;1,4-5H2,2-3H3;;1H;;/q4*-1;;-1;+1;;+1;+2/p-1. The maximum Gasteiger partial charge on any atom is 0.0267 e. The number of nitrogens with two attached hydrogens (primary N) is 2. The molecule has 3 aromatic heterocycles. The number of halogens is 1. The van der Waals surface area contributed by atoms with Crippen molar-refractivity contribution in [3.05, 3.63) is 285 Å². The topological polar surface area (TPSA) is 311 Å². The quantitative estimate of drug-likeness (QED) is 0.0443. The van der Waals surface area contributed by atoms with E-state index >= 15 is 0 Å². The Bertz CT molecular complexity index is 3380. The van der Waals surface area contributed by atoms with Crippen LogP contribution in [-0.4, -0.2) is 79.0 Å². The number of primary amides is 2. The summed E-state index contributed by atoms with van der Waals surface area (Å²) < 4.78 is 58.1. The number of pyridine rings is 3. The van der Waals surface area contributed by atoms with Crippen LogP contribution in [0.25, 0.3) is 32.0 Å². The predicted molar refractivity (Wildman–Crippen MR) is 315 cm³/mol. The number of nitrogens with zero attached hydrogens (tertiary/aromatic N) is 8. The first-order chi connectivity index (χ1) is 39.4. The van der Waals surface area contributed by atoms with Gasteiger partial charge in [0.1, 0.15) is 29.8 Å². The molecule has 26 heteroatoms. The average Bonchev–Trinajstić information content (AvgIpc) is 3.70. The molecule has 0 spiro atoms. The molecule has 9 aromatic rings. The Kier molecular flexibility index (Phi) is 35.7. The number of hydrogen-bond donors (Lipinski definition) is 2. The summed E-state index contributed by atoms with van der Waals surface area (Å²) >= 11 is 6.25. The molecule has 0 saturated heterocycles. The van der Waals surface area contributed by atoms with Crippen molar-refractivity contribution in [3.8, 4) is 22.5 Å². The van der Waals surface area contributed by atoms with Gasteiger partial charge < -0.3 is 32.7 Å². The number of carbonyl (C=O) groups excluding carboxylic acids is 2. The molecular weight excluding hydrogens is 1370 g/mol. The van der Waals surface area contributed by atoms with Crippen LogP contribution in [0.5, 0.6) is 0 Å². The molecule has 0 bridgehead atoms. The van der Waals surface area contributed by atoms with Crippen molar-refractivity contribution in [2.75, 3.05) is 20.6 Å². The van der Waals surface area contributed by atoms with Crippen LogP contribution in [0.15, 0.2) is 235 Å². The second kappa shape index (κ2) is 40.4. The summed E-state index contributed by atoms with van der Waals surface area (Å²) in [6, 6.07) is 58.4. The third kappa shape index (κ3) is 26.2. The number of sulfonamides is 2. The average molecular weight is 1420 g/mol. The van der Waals surface area contributed by atoms with Crippen LogP contribution in [-0.2, 0) is 72.6 Å². The Morgan fingerprint density at radius 3 is 1.19 bits per heavy atom. The minimum absolute atomic E-state index is 0. The summed E-state index contributed by atoms with van der Waals surface area (Å²) in [5.41, 5.74) is 12.4. The van der Waals surface area contributed by atoms with Gasteiger partial charge in [-0.25, -0.2) is 16.8 Å². The largest absolute Gasteiger partial charge is 0.265 e. The molecule has 0 atom stereocenters. The van der Waals surface area contributed by atoms with Gasteiger partial charge in [-0.05, 0) is 80.3 Å². The molecule has 0 aliphatic carbocycles. The molecule has 0 unspecified atom stereocenters. The fraction of sp³-hybridized carbons (Fsp3) is 0.0690. The van der Waals surface area contributed by atoms with E-state index < -0.39 is 62.9 Å². The zero-order valence-corrected chi connectivity index (χ0v) is 51.1. The minimum atomic E-state index is -4.26. The van der Waals surface area contributed by atoms with Crippen molar-refractivity contribution >= 4 is 68.8 Å². The predicted octanol–water partition coefficient (Wildman–Crippen LogP) is 12.0. The van der Waals surface area contributed by atoms with E-state index in [4.69, 9.17) is 11.5 Å². The van der Waals surface area contributed by atoms with Crippen molar-refractivity contribution in [3.63, 3.8) is 0 Å². The molecule has 0 saturated carbocycles. The first-order valence-corrected chi connectivity index (χ1v) is 29.0. The number of nitro groups is 2. The second-order valence-corrected chi connectivity index (χ2v) is 19.2. The van der Waals surface area contributed by atoms with Gasteiger partial charge in [-0.3, -0.25) is 44.8 Å². The van der Waals surface area contributed by atoms with Crippen LogP contribution in [0.3, 0.4) is 0 Å². The van der Waals surface area contributed by atoms with Crippen molar-refractivity contribution in [1.82, 2.24) is 19.9 Å². The Balaban J connectivity index is 0.000000550. The minimum Gasteiger partial charge on any atom is -0.265 e. The third-order valence-electron chi connectivity index (χ3n) is 9.96. The van der Waals surface area contributed by atoms with Gasteiger partial charge in [0.05, 0.1) is 21.2 Å². The van der Waals surface area contributed by atoms with Gasteiger partial charge in [-0.2, -0.15) is 67.1 Å². The monoisotopic (exact) mass is 1420 g/mol. The van der Waals surface area contributed by atoms with E-state index in [1.54, 1.807) is 146 Å². The number of hydrogen-bond acceptors (Lipinski definition) is 14. The smallest absolute Gasteiger partial charge is 0.0267 e. The molecule has 0 aliphatic rings. The summed E-state index contributed by atoms with van der Waals surface area (Å²) in [6.07, 6.45) is 7.68. The molecule has 6 aromatic carbocycles. The Morgan fingerprint density at radius 2 is 0.929 bits per heavy atom. The van der Waals surface area contributed by atoms with Crippen LogP contribution in [0.2, 0.25) is 0 Å². The van der Waals surface area contributed by atoms with Gasteiger partial charge in [-0.15, -0.1) is 11.4 Å². The molecule has 9 rings (SSSR count). The summed E-state index contributed by atoms with van der Waals surface area (Å²) in [5, 5.41) is 22.2. The SMILES string of the molecule is NC(=O)c1c[c-]ccc1.NC(=O)c1c[c-]ccc1.O=[N+]([O-])c1ccccc1S(=O)(=O)[N-]c1ccccc1-c1ccccn1.O=[N+]([O-])c1ccccc1S(=O)(=O)[N-]c1ccccc1-c1ccccn1.[Ag+].[CH2-]CCN(C)C.[Ni+2].[Ni][Br].c1ccncc1. The van der Waals surface area contributed by atoms with Crippen molar-refractivity contribution in [2.24, 2.45) is 11.5 Å². The van der Waals surface area contributed by atoms with Gasteiger partial charge in [0.15, 0.2) is 11.8 Å². The fourth-order valence-electron chi connectivity index (χ4n) is 6.32. The van der Waals surface area contributed by atoms with Gasteiger partial charge in [0, 0.05) is 36.9 Å². The van der Waals surface area contributed by atoms with E-state index in [9.17, 15) is 46.7 Å². The van der Waals surface area contributed by atoms with Gasteiger partial charge in [0.2, 0.25) is 0 Å². The summed E-state index contributed by atoms with van der Waals surface area (Å²) in [6.45, 7) is 4.78. The number of aromatic nitrogens is 3. The number of amides is 2. The Morgan fingerprint density at radius 1 is 0.571 bits per heavy atom. The molecular formula is C58H53AgBrN10Ni2O10S2-2. The maximum absolute atomic E-state index is 12.6. The van der Waals surface area contributed by atoms with E-state index in [0.717, 1.165) is 25.1 Å². The van der Waals surface area contributed by atoms with E-state index in [1.165, 1.54) is 48.5 Å². The first-order valence-electron chi connectivity index (χ1n) is 23.7. The van der Waals surface area contributed by atoms with Crippen LogP contribution < -0.4 is 11.5 Å². The van der Waals surface area contributed by atoms with Gasteiger partial charge in [-0.1, -0.05) is 102 Å². The van der Waals surface area contributed by atoms with E-state index in [1.807, 2.05) is 32.3 Å². The first kappa shape index (κ1) is 74.2. The molecule has 2 amide bonds. The molecule has 447 valence electrons. The summed E-state index contributed by atoms with van der Waals surface area (Å²) in [4.78, 5) is 54.9. The number of para-hydroxylation sites is 2. The van der Waals surface area contributed by atoms with Crippen LogP contribution in [0.1, 0.15) is 27.1 Å². The molecule has 0 aliphatic heterocycles. The molecule has 84 heavy (non-hydrogen) atoms. The zero-order valence-electron chi connectivity index (χ0n) is 44.4. The maximum atomic E-state index is 12.6. The Labute approximate surface area is 529 Å². The van der Waals surface area contributed by atoms with E-state index in [0.29, 0.717) is 33.6 Å².